The summed E-state index contributed by atoms with van der Waals surface area (Å²) in [5.41, 5.74) is 4.75. The van der Waals surface area contributed by atoms with Gasteiger partial charge in [0.25, 0.3) is 5.91 Å². The van der Waals surface area contributed by atoms with E-state index in [4.69, 9.17) is 10.1 Å². The minimum atomic E-state index is -0.144. The Morgan fingerprint density at radius 2 is 1.89 bits per heavy atom. The fourth-order valence-electron chi connectivity index (χ4n) is 5.39. The first-order valence-corrected chi connectivity index (χ1v) is 14.3. The Morgan fingerprint density at radius 1 is 1.13 bits per heavy atom. The molecule has 1 aromatic carbocycles. The third kappa shape index (κ3) is 5.96. The van der Waals surface area contributed by atoms with Crippen LogP contribution in [0.15, 0.2) is 30.3 Å². The van der Waals surface area contributed by atoms with Gasteiger partial charge in [-0.05, 0) is 57.7 Å². The Balaban J connectivity index is 1.71. The quantitative estimate of drug-likeness (QED) is 0.369. The van der Waals surface area contributed by atoms with Gasteiger partial charge in [-0.2, -0.15) is 9.61 Å². The first-order chi connectivity index (χ1) is 18.4. The molecule has 0 bridgehead atoms. The number of nitrogens with one attached hydrogen (secondary N) is 1. The van der Waals surface area contributed by atoms with Crippen molar-refractivity contribution in [1.29, 1.82) is 0 Å². The van der Waals surface area contributed by atoms with Crippen LogP contribution in [0.1, 0.15) is 79.2 Å². The van der Waals surface area contributed by atoms with Gasteiger partial charge >= 0.3 is 0 Å². The van der Waals surface area contributed by atoms with E-state index in [-0.39, 0.29) is 11.9 Å². The number of likely N-dealkylation sites (N-methyl/N-ethyl adjacent to an activating group) is 2. The monoisotopic (exact) mass is 519 g/mol. The van der Waals surface area contributed by atoms with Crippen LogP contribution in [0.3, 0.4) is 0 Å². The topological polar surface area (TPSA) is 69.0 Å². The summed E-state index contributed by atoms with van der Waals surface area (Å²) in [7, 11) is 5.98. The molecule has 1 N–H and O–H groups in total. The average molecular weight is 520 g/mol. The van der Waals surface area contributed by atoms with Crippen LogP contribution in [-0.2, 0) is 6.42 Å². The van der Waals surface area contributed by atoms with Crippen LogP contribution in [0, 0.1) is 6.92 Å². The Kier molecular flexibility index (Phi) is 9.26. The summed E-state index contributed by atoms with van der Waals surface area (Å²) in [6.45, 7) is 10.2. The molecule has 3 aromatic rings. The smallest absolute Gasteiger partial charge is 0.254 e. The first-order valence-electron chi connectivity index (χ1n) is 14.3. The predicted molar refractivity (Wildman–Crippen MR) is 157 cm³/mol. The van der Waals surface area contributed by atoms with Gasteiger partial charge in [0.15, 0.2) is 5.65 Å². The van der Waals surface area contributed by atoms with Crippen LogP contribution in [0.2, 0.25) is 0 Å². The third-order valence-corrected chi connectivity index (χ3v) is 7.74. The zero-order valence-corrected chi connectivity index (χ0v) is 24.1. The number of unbranched alkanes of at least 4 members (excludes halogenated alkanes) is 1. The SMILES string of the molecule is CCCCc1ccc(C)cc1C(=O)N(C)C(CC)c1cc2nc(N3CCCC3)cc(N(C)CCNC)n2n1. The molecule has 1 amide bonds. The van der Waals surface area contributed by atoms with E-state index in [0.717, 1.165) is 91.5 Å². The van der Waals surface area contributed by atoms with E-state index in [1.54, 1.807) is 0 Å². The van der Waals surface area contributed by atoms with E-state index in [2.05, 4.69) is 67.2 Å². The molecule has 1 atom stereocenters. The standard InChI is InChI=1S/C30H45N7O/c1-7-9-12-23-14-13-22(3)19-24(23)30(38)35(6)26(8-2)25-20-28-32-27(36-16-10-11-17-36)21-29(37(28)33-25)34(5)18-15-31-4/h13-14,19-21,26,31H,7-12,15-18H2,1-6H3. The van der Waals surface area contributed by atoms with Crippen LogP contribution >= 0.6 is 0 Å². The third-order valence-electron chi connectivity index (χ3n) is 7.74. The van der Waals surface area contributed by atoms with Crippen LogP contribution in [0.25, 0.3) is 5.65 Å². The first kappa shape index (κ1) is 27.9. The van der Waals surface area contributed by atoms with Gasteiger partial charge in [0.2, 0.25) is 0 Å². The van der Waals surface area contributed by atoms with Crippen LogP contribution in [0.5, 0.6) is 0 Å². The maximum atomic E-state index is 13.8. The van der Waals surface area contributed by atoms with E-state index in [1.807, 2.05) is 29.6 Å². The molecule has 1 unspecified atom stereocenters. The second-order valence-electron chi connectivity index (χ2n) is 10.6. The van der Waals surface area contributed by atoms with E-state index in [9.17, 15) is 4.79 Å². The molecule has 0 radical (unpaired) electrons. The molecule has 4 rings (SSSR count). The lowest BCUT2D eigenvalue weighted by molar-refractivity contribution is 0.0721. The number of hydrogen-bond donors (Lipinski definition) is 1. The molecule has 206 valence electrons. The highest BCUT2D eigenvalue weighted by Gasteiger charge is 2.27. The number of fused-ring (bicyclic) bond motifs is 1. The average Bonchev–Trinajstić information content (AvgIpc) is 3.61. The Labute approximate surface area is 228 Å². The largest absolute Gasteiger partial charge is 0.358 e. The number of anilines is 2. The summed E-state index contributed by atoms with van der Waals surface area (Å²) in [6, 6.07) is 10.4. The van der Waals surface area contributed by atoms with Crippen molar-refractivity contribution < 1.29 is 4.79 Å². The van der Waals surface area contributed by atoms with E-state index in [0.29, 0.717) is 0 Å². The highest BCUT2D eigenvalue weighted by Crippen LogP contribution is 2.30. The lowest BCUT2D eigenvalue weighted by Gasteiger charge is -2.27. The number of carbonyl (C=O) groups excluding carboxylic acids is 1. The van der Waals surface area contributed by atoms with Crippen LogP contribution < -0.4 is 15.1 Å². The molecule has 8 nitrogen and oxygen atoms in total. The van der Waals surface area contributed by atoms with Crippen molar-refractivity contribution in [3.8, 4) is 0 Å². The fraction of sp³-hybridized carbons (Fsp3) is 0.567. The zero-order chi connectivity index (χ0) is 27.2. The Hall–Kier alpha value is -3.13. The lowest BCUT2D eigenvalue weighted by Crippen LogP contribution is -2.32. The maximum Gasteiger partial charge on any atom is 0.254 e. The number of nitrogens with zero attached hydrogens (tertiary/aromatic N) is 6. The second-order valence-corrected chi connectivity index (χ2v) is 10.6. The number of amides is 1. The summed E-state index contributed by atoms with van der Waals surface area (Å²) >= 11 is 0. The molecule has 3 heterocycles. The molecular weight excluding hydrogens is 474 g/mol. The highest BCUT2D eigenvalue weighted by molar-refractivity contribution is 5.96. The van der Waals surface area contributed by atoms with Gasteiger partial charge < -0.3 is 20.0 Å². The number of hydrogen-bond acceptors (Lipinski definition) is 6. The van der Waals surface area contributed by atoms with Gasteiger partial charge in [-0.25, -0.2) is 4.98 Å². The molecule has 0 aliphatic carbocycles. The summed E-state index contributed by atoms with van der Waals surface area (Å²) in [5.74, 6) is 2.08. The molecule has 1 fully saturated rings. The van der Waals surface area contributed by atoms with Gasteiger partial charge in [0.1, 0.15) is 11.6 Å². The van der Waals surface area contributed by atoms with E-state index >= 15 is 0 Å². The minimum absolute atomic E-state index is 0.0563. The van der Waals surface area contributed by atoms with Gasteiger partial charge in [0, 0.05) is 58.0 Å². The number of rotatable bonds is 12. The molecule has 8 heteroatoms. The minimum Gasteiger partial charge on any atom is -0.358 e. The molecular formula is C30H45N7O. The normalized spacial score (nSPS) is 14.3. The molecule has 1 aliphatic rings. The number of aryl methyl sites for hydroxylation is 2. The van der Waals surface area contributed by atoms with E-state index in [1.165, 1.54) is 12.8 Å². The van der Waals surface area contributed by atoms with Crippen molar-refractivity contribution in [3.05, 3.63) is 52.7 Å². The van der Waals surface area contributed by atoms with Gasteiger partial charge in [-0.15, -0.1) is 0 Å². The van der Waals surface area contributed by atoms with Crippen molar-refractivity contribution >= 4 is 23.2 Å². The molecule has 0 saturated carbocycles. The molecule has 38 heavy (non-hydrogen) atoms. The van der Waals surface area contributed by atoms with Crippen molar-refractivity contribution in [2.45, 2.75) is 65.3 Å². The highest BCUT2D eigenvalue weighted by atomic mass is 16.2. The van der Waals surface area contributed by atoms with Crippen molar-refractivity contribution in [2.24, 2.45) is 0 Å². The van der Waals surface area contributed by atoms with Crippen molar-refractivity contribution in [1.82, 2.24) is 24.8 Å². The zero-order valence-electron chi connectivity index (χ0n) is 24.1. The molecule has 1 aliphatic heterocycles. The predicted octanol–water partition coefficient (Wildman–Crippen LogP) is 4.86. The number of aromatic nitrogens is 3. The molecule has 1 saturated heterocycles. The number of carbonyl (C=O) groups is 1. The molecule has 2 aromatic heterocycles. The van der Waals surface area contributed by atoms with E-state index < -0.39 is 0 Å². The summed E-state index contributed by atoms with van der Waals surface area (Å²) in [4.78, 5) is 25.3. The van der Waals surface area contributed by atoms with Crippen LogP contribution in [-0.4, -0.2) is 72.7 Å². The fourth-order valence-corrected chi connectivity index (χ4v) is 5.39. The van der Waals surface area contributed by atoms with Gasteiger partial charge in [-0.3, -0.25) is 4.79 Å². The summed E-state index contributed by atoms with van der Waals surface area (Å²) in [6.07, 6.45) is 6.27. The van der Waals surface area contributed by atoms with Gasteiger partial charge in [-0.1, -0.05) is 38.0 Å². The number of benzene rings is 1. The summed E-state index contributed by atoms with van der Waals surface area (Å²) < 4.78 is 1.95. The van der Waals surface area contributed by atoms with Gasteiger partial charge in [0.05, 0.1) is 11.7 Å². The molecule has 0 spiro atoms. The Morgan fingerprint density at radius 3 is 2.58 bits per heavy atom. The van der Waals surface area contributed by atoms with Crippen molar-refractivity contribution in [3.63, 3.8) is 0 Å². The Bertz CT molecular complexity index is 1230. The van der Waals surface area contributed by atoms with Crippen LogP contribution in [0.4, 0.5) is 11.6 Å². The summed E-state index contributed by atoms with van der Waals surface area (Å²) in [5, 5.41) is 8.29. The second kappa shape index (κ2) is 12.6. The van der Waals surface area contributed by atoms with Crippen molar-refractivity contribution in [2.75, 3.05) is 57.1 Å². The maximum absolute atomic E-state index is 13.8. The lowest BCUT2D eigenvalue weighted by atomic mass is 9.98.